The summed E-state index contributed by atoms with van der Waals surface area (Å²) in [5.41, 5.74) is -3.72. The maximum absolute atomic E-state index is 10.8. The highest BCUT2D eigenvalue weighted by Crippen LogP contribution is 2.00. The van der Waals surface area contributed by atoms with Crippen LogP contribution < -0.4 is 4.13 Å². The standard InChI is InChI=1S/C4H11NO6S2/c1-3(6)12(8,9)5-13(10,11)4(2)7/h3-7H,1-2H3. The van der Waals surface area contributed by atoms with Gasteiger partial charge in [-0.2, -0.15) is 0 Å². The Morgan fingerprint density at radius 3 is 1.31 bits per heavy atom. The second-order valence-corrected chi connectivity index (χ2v) is 6.58. The van der Waals surface area contributed by atoms with Crippen molar-refractivity contribution in [2.45, 2.75) is 24.7 Å². The molecule has 0 fully saturated rings. The SMILES string of the molecule is CC(O)S(=O)(=O)NS(=O)(=O)C(C)O. The van der Waals surface area contributed by atoms with Crippen molar-refractivity contribution in [2.75, 3.05) is 0 Å². The first-order valence-electron chi connectivity index (χ1n) is 3.22. The number of aliphatic hydroxyl groups excluding tert-OH is 2. The van der Waals surface area contributed by atoms with Crippen molar-refractivity contribution in [1.82, 2.24) is 4.13 Å². The molecule has 2 unspecified atom stereocenters. The van der Waals surface area contributed by atoms with Crippen molar-refractivity contribution in [3.63, 3.8) is 0 Å². The average molecular weight is 233 g/mol. The molecular weight excluding hydrogens is 222 g/mol. The summed E-state index contributed by atoms with van der Waals surface area (Å²) >= 11 is 0. The summed E-state index contributed by atoms with van der Waals surface area (Å²) in [4.78, 5) is 0. The molecule has 0 aliphatic carbocycles. The molecule has 0 heterocycles. The van der Waals surface area contributed by atoms with Crippen LogP contribution in [0.2, 0.25) is 0 Å². The van der Waals surface area contributed by atoms with Crippen LogP contribution in [0, 0.1) is 0 Å². The van der Waals surface area contributed by atoms with Gasteiger partial charge in [-0.15, -0.1) is 4.13 Å². The summed E-state index contributed by atoms with van der Waals surface area (Å²) in [6.07, 6.45) is 0. The molecular formula is C4H11NO6S2. The van der Waals surface area contributed by atoms with Crippen LogP contribution in [0.3, 0.4) is 0 Å². The van der Waals surface area contributed by atoms with Gasteiger partial charge in [-0.3, -0.25) is 0 Å². The number of hydrogen-bond acceptors (Lipinski definition) is 6. The minimum atomic E-state index is -4.34. The van der Waals surface area contributed by atoms with Gasteiger partial charge in [0.15, 0.2) is 10.9 Å². The van der Waals surface area contributed by atoms with Crippen molar-refractivity contribution in [2.24, 2.45) is 0 Å². The van der Waals surface area contributed by atoms with E-state index in [0.717, 1.165) is 13.8 Å². The van der Waals surface area contributed by atoms with Crippen LogP contribution >= 0.6 is 0 Å². The number of hydrogen-bond donors (Lipinski definition) is 3. The molecule has 0 amide bonds. The molecule has 0 aromatic heterocycles. The van der Waals surface area contributed by atoms with Crippen LogP contribution in [-0.4, -0.2) is 37.9 Å². The molecule has 0 aliphatic rings. The largest absolute Gasteiger partial charge is 0.376 e. The van der Waals surface area contributed by atoms with Crippen LogP contribution in [-0.2, 0) is 20.0 Å². The first kappa shape index (κ1) is 12.8. The van der Waals surface area contributed by atoms with Gasteiger partial charge in [-0.1, -0.05) is 0 Å². The maximum atomic E-state index is 10.8. The Labute approximate surface area is 76.5 Å². The fourth-order valence-corrected chi connectivity index (χ4v) is 2.71. The number of rotatable bonds is 4. The smallest absolute Gasteiger partial charge is 0.251 e. The Balaban J connectivity index is 4.86. The molecule has 0 aromatic rings. The van der Waals surface area contributed by atoms with Gasteiger partial charge in [-0.25, -0.2) is 16.8 Å². The van der Waals surface area contributed by atoms with Crippen molar-refractivity contribution in [3.05, 3.63) is 0 Å². The van der Waals surface area contributed by atoms with Crippen LogP contribution in [0.25, 0.3) is 0 Å². The molecule has 80 valence electrons. The van der Waals surface area contributed by atoms with Crippen molar-refractivity contribution in [1.29, 1.82) is 0 Å². The van der Waals surface area contributed by atoms with Crippen molar-refractivity contribution < 1.29 is 27.0 Å². The fraction of sp³-hybridized carbons (Fsp3) is 1.00. The molecule has 0 aromatic carbocycles. The van der Waals surface area contributed by atoms with Crippen LogP contribution in [0.4, 0.5) is 0 Å². The average Bonchev–Trinajstić information content (AvgIpc) is 1.83. The zero-order chi connectivity index (χ0) is 10.9. The third-order valence-electron chi connectivity index (χ3n) is 1.13. The van der Waals surface area contributed by atoms with E-state index in [0.29, 0.717) is 0 Å². The van der Waals surface area contributed by atoms with Crippen LogP contribution in [0.5, 0.6) is 0 Å². The van der Waals surface area contributed by atoms with E-state index in [1.54, 1.807) is 0 Å². The molecule has 0 saturated carbocycles. The minimum absolute atomic E-state index is 0.889. The Kier molecular flexibility index (Phi) is 3.82. The van der Waals surface area contributed by atoms with Gasteiger partial charge >= 0.3 is 0 Å². The molecule has 9 heteroatoms. The molecule has 0 rings (SSSR count). The quantitative estimate of drug-likeness (QED) is 0.512. The number of sulfonamides is 2. The number of aliphatic hydroxyl groups is 2. The van der Waals surface area contributed by atoms with E-state index < -0.39 is 30.9 Å². The zero-order valence-electron chi connectivity index (χ0n) is 7.00. The second-order valence-electron chi connectivity index (χ2n) is 2.37. The topological polar surface area (TPSA) is 121 Å². The summed E-state index contributed by atoms with van der Waals surface area (Å²) in [7, 11) is -8.69. The van der Waals surface area contributed by atoms with E-state index in [1.807, 2.05) is 0 Å². The third-order valence-corrected chi connectivity index (χ3v) is 4.79. The molecule has 7 nitrogen and oxygen atoms in total. The highest BCUT2D eigenvalue weighted by molar-refractivity contribution is 8.05. The predicted molar refractivity (Wildman–Crippen MR) is 44.3 cm³/mol. The second kappa shape index (κ2) is 3.88. The van der Waals surface area contributed by atoms with E-state index >= 15 is 0 Å². The first-order valence-corrected chi connectivity index (χ1v) is 6.31. The Morgan fingerprint density at radius 2 is 1.15 bits per heavy atom. The Morgan fingerprint density at radius 1 is 0.923 bits per heavy atom. The van der Waals surface area contributed by atoms with E-state index in [-0.39, 0.29) is 0 Å². The Hall–Kier alpha value is -0.220. The summed E-state index contributed by atoms with van der Waals surface area (Å²) in [6, 6.07) is 0. The van der Waals surface area contributed by atoms with Crippen LogP contribution in [0.1, 0.15) is 13.8 Å². The summed E-state index contributed by atoms with van der Waals surface area (Å²) in [6.45, 7) is 1.78. The highest BCUT2D eigenvalue weighted by atomic mass is 32.3. The summed E-state index contributed by atoms with van der Waals surface area (Å²) in [5, 5.41) is 17.3. The van der Waals surface area contributed by atoms with Gasteiger partial charge in [0.1, 0.15) is 0 Å². The van der Waals surface area contributed by atoms with Gasteiger partial charge < -0.3 is 10.2 Å². The lowest BCUT2D eigenvalue weighted by Gasteiger charge is -2.10. The summed E-state index contributed by atoms with van der Waals surface area (Å²) in [5.74, 6) is 0. The molecule has 0 saturated heterocycles. The summed E-state index contributed by atoms with van der Waals surface area (Å²) < 4.78 is 44.4. The van der Waals surface area contributed by atoms with E-state index in [2.05, 4.69) is 0 Å². The van der Waals surface area contributed by atoms with Crippen molar-refractivity contribution >= 4 is 20.0 Å². The Bertz CT molecular complexity index is 316. The predicted octanol–water partition coefficient (Wildman–Crippen LogP) is -2.09. The van der Waals surface area contributed by atoms with Gasteiger partial charge in [0.05, 0.1) is 0 Å². The maximum Gasteiger partial charge on any atom is 0.251 e. The lowest BCUT2D eigenvalue weighted by Crippen LogP contribution is -2.41. The van der Waals surface area contributed by atoms with Gasteiger partial charge in [0, 0.05) is 0 Å². The highest BCUT2D eigenvalue weighted by Gasteiger charge is 2.28. The van der Waals surface area contributed by atoms with Crippen molar-refractivity contribution in [3.8, 4) is 0 Å². The van der Waals surface area contributed by atoms with Gasteiger partial charge in [-0.05, 0) is 13.8 Å². The molecule has 2 atom stereocenters. The van der Waals surface area contributed by atoms with E-state index in [1.165, 1.54) is 4.13 Å². The van der Waals surface area contributed by atoms with Gasteiger partial charge in [0.25, 0.3) is 20.0 Å². The molecule has 3 N–H and O–H groups in total. The third kappa shape index (κ3) is 3.56. The lowest BCUT2D eigenvalue weighted by molar-refractivity contribution is 0.262. The molecule has 0 bridgehead atoms. The monoisotopic (exact) mass is 233 g/mol. The van der Waals surface area contributed by atoms with Crippen LogP contribution in [0.15, 0.2) is 0 Å². The van der Waals surface area contributed by atoms with Gasteiger partial charge in [0.2, 0.25) is 0 Å². The minimum Gasteiger partial charge on any atom is -0.376 e. The zero-order valence-corrected chi connectivity index (χ0v) is 8.63. The first-order chi connectivity index (χ1) is 5.59. The molecule has 0 radical (unpaired) electrons. The van der Waals surface area contributed by atoms with E-state index in [4.69, 9.17) is 10.2 Å². The molecule has 0 aliphatic heterocycles. The number of nitrogens with one attached hydrogen (secondary N) is 1. The molecule has 0 spiro atoms. The fourth-order valence-electron chi connectivity index (χ4n) is 0.301. The molecule has 13 heavy (non-hydrogen) atoms. The van der Waals surface area contributed by atoms with E-state index in [9.17, 15) is 16.8 Å². The normalized spacial score (nSPS) is 18.2. The lowest BCUT2D eigenvalue weighted by atomic mass is 10.9.